The van der Waals surface area contributed by atoms with E-state index in [-0.39, 0.29) is 5.82 Å². The quantitative estimate of drug-likeness (QED) is 0.743. The molecule has 0 aliphatic rings. The first kappa shape index (κ1) is 12.4. The molecule has 0 radical (unpaired) electrons. The van der Waals surface area contributed by atoms with E-state index in [0.717, 1.165) is 5.56 Å². The Kier molecular flexibility index (Phi) is 4.48. The van der Waals surface area contributed by atoms with Crippen molar-refractivity contribution in [2.75, 3.05) is 13.7 Å². The average molecular weight is 232 g/mol. The fourth-order valence-electron chi connectivity index (χ4n) is 1.26. The topological polar surface area (TPSA) is 22.1 Å². The summed E-state index contributed by atoms with van der Waals surface area (Å²) in [5.41, 5.74) is 1.77. The molecule has 0 saturated carbocycles. The van der Waals surface area contributed by atoms with Crippen molar-refractivity contribution < 1.29 is 9.13 Å². The largest absolute Gasteiger partial charge is 0.385 e. The van der Waals surface area contributed by atoms with Gasteiger partial charge in [0.2, 0.25) is 0 Å². The van der Waals surface area contributed by atoms with Crippen LogP contribution in [-0.4, -0.2) is 18.7 Å². The van der Waals surface area contributed by atoms with E-state index >= 15 is 0 Å². The molecule has 15 heavy (non-hydrogen) atoms. The van der Waals surface area contributed by atoms with Gasteiger partial charge in [0.15, 0.2) is 0 Å². The number of pyridine rings is 1. The third kappa shape index (κ3) is 2.89. The second-order valence-electron chi connectivity index (χ2n) is 3.51. The lowest BCUT2D eigenvalue weighted by molar-refractivity contribution is 0.193. The van der Waals surface area contributed by atoms with Gasteiger partial charge in [-0.15, -0.1) is 11.6 Å². The smallest absolute Gasteiger partial charge is 0.149 e. The highest BCUT2D eigenvalue weighted by Crippen LogP contribution is 2.26. The minimum Gasteiger partial charge on any atom is -0.385 e. The Morgan fingerprint density at radius 3 is 2.80 bits per heavy atom. The first-order valence-electron chi connectivity index (χ1n) is 4.82. The van der Waals surface area contributed by atoms with Crippen LogP contribution in [0, 0.1) is 19.7 Å². The first-order valence-corrected chi connectivity index (χ1v) is 5.26. The number of halogens is 2. The Labute approximate surface area is 94.4 Å². The average Bonchev–Trinajstić information content (AvgIpc) is 2.23. The van der Waals surface area contributed by atoms with Crippen LogP contribution in [0.25, 0.3) is 0 Å². The maximum atomic E-state index is 13.8. The lowest BCUT2D eigenvalue weighted by Gasteiger charge is -2.11. The molecule has 0 saturated heterocycles. The predicted molar refractivity (Wildman–Crippen MR) is 58.8 cm³/mol. The van der Waals surface area contributed by atoms with Crippen LogP contribution in [0.2, 0.25) is 0 Å². The third-order valence-corrected chi connectivity index (χ3v) is 2.84. The predicted octanol–water partition coefficient (Wildman–Crippen LogP) is 3.15. The summed E-state index contributed by atoms with van der Waals surface area (Å²) in [6.07, 6.45) is 2.21. The normalized spacial score (nSPS) is 12.9. The third-order valence-electron chi connectivity index (χ3n) is 2.42. The van der Waals surface area contributed by atoms with Gasteiger partial charge in [0, 0.05) is 19.9 Å². The molecule has 0 amide bonds. The zero-order valence-electron chi connectivity index (χ0n) is 9.18. The Bertz CT molecular complexity index is 344. The van der Waals surface area contributed by atoms with Crippen LogP contribution >= 0.6 is 11.6 Å². The summed E-state index contributed by atoms with van der Waals surface area (Å²) in [4.78, 5) is 4.03. The molecule has 0 aliphatic carbocycles. The molecule has 0 N–H and O–H groups in total. The number of hydrogen-bond acceptors (Lipinski definition) is 2. The molecule has 84 valence electrons. The molecular weight excluding hydrogens is 217 g/mol. The standard InChI is InChI=1S/C11H15ClFNO/c1-7-6-14-11(10(13)8(7)2)9(12)4-5-15-3/h6,9H,4-5H2,1-3H3. The molecule has 1 heterocycles. The first-order chi connectivity index (χ1) is 7.07. The molecule has 0 bridgehead atoms. The number of aromatic nitrogens is 1. The van der Waals surface area contributed by atoms with Crippen LogP contribution < -0.4 is 0 Å². The molecule has 0 spiro atoms. The molecule has 4 heteroatoms. The highest BCUT2D eigenvalue weighted by molar-refractivity contribution is 6.20. The summed E-state index contributed by atoms with van der Waals surface area (Å²) in [6, 6.07) is 0. The van der Waals surface area contributed by atoms with Crippen molar-refractivity contribution in [1.82, 2.24) is 4.98 Å². The number of aryl methyl sites for hydroxylation is 1. The van der Waals surface area contributed by atoms with E-state index in [4.69, 9.17) is 16.3 Å². The number of ether oxygens (including phenoxy) is 1. The molecule has 1 unspecified atom stereocenters. The van der Waals surface area contributed by atoms with E-state index in [1.54, 1.807) is 20.2 Å². The summed E-state index contributed by atoms with van der Waals surface area (Å²) >= 11 is 6.03. The van der Waals surface area contributed by atoms with Gasteiger partial charge < -0.3 is 4.74 Å². The fraction of sp³-hybridized carbons (Fsp3) is 0.545. The second kappa shape index (κ2) is 5.42. The lowest BCUT2D eigenvalue weighted by atomic mass is 10.1. The van der Waals surface area contributed by atoms with Crippen molar-refractivity contribution in [3.63, 3.8) is 0 Å². The van der Waals surface area contributed by atoms with Crippen molar-refractivity contribution in [1.29, 1.82) is 0 Å². The van der Waals surface area contributed by atoms with Crippen molar-refractivity contribution in [3.8, 4) is 0 Å². The Morgan fingerprint density at radius 1 is 1.53 bits per heavy atom. The maximum Gasteiger partial charge on any atom is 0.149 e. The highest BCUT2D eigenvalue weighted by atomic mass is 35.5. The van der Waals surface area contributed by atoms with Crippen LogP contribution in [-0.2, 0) is 4.74 Å². The van der Waals surface area contributed by atoms with Gasteiger partial charge in [0.05, 0.1) is 11.1 Å². The number of alkyl halides is 1. The van der Waals surface area contributed by atoms with E-state index in [1.165, 1.54) is 0 Å². The molecule has 1 atom stereocenters. The van der Waals surface area contributed by atoms with Gasteiger partial charge >= 0.3 is 0 Å². The molecule has 0 aromatic carbocycles. The van der Waals surface area contributed by atoms with Crippen LogP contribution in [0.5, 0.6) is 0 Å². The number of nitrogens with zero attached hydrogens (tertiary/aromatic N) is 1. The summed E-state index contributed by atoms with van der Waals surface area (Å²) in [5.74, 6) is -0.300. The molecule has 1 aromatic heterocycles. The monoisotopic (exact) mass is 231 g/mol. The summed E-state index contributed by atoms with van der Waals surface area (Å²) in [6.45, 7) is 4.06. The second-order valence-corrected chi connectivity index (χ2v) is 4.04. The van der Waals surface area contributed by atoms with Gasteiger partial charge in [-0.1, -0.05) is 0 Å². The van der Waals surface area contributed by atoms with Crippen LogP contribution in [0.15, 0.2) is 6.20 Å². The summed E-state index contributed by atoms with van der Waals surface area (Å²) in [5, 5.41) is -0.427. The molecule has 0 aliphatic heterocycles. The number of methoxy groups -OCH3 is 1. The molecule has 1 aromatic rings. The van der Waals surface area contributed by atoms with Gasteiger partial charge in [0.1, 0.15) is 5.82 Å². The van der Waals surface area contributed by atoms with Crippen molar-refractivity contribution in [3.05, 3.63) is 28.8 Å². The molecule has 2 nitrogen and oxygen atoms in total. The zero-order chi connectivity index (χ0) is 11.4. The van der Waals surface area contributed by atoms with Crippen LogP contribution in [0.1, 0.15) is 28.6 Å². The SMILES string of the molecule is COCCC(Cl)c1ncc(C)c(C)c1F. The molecular formula is C11H15ClFNO. The summed E-state index contributed by atoms with van der Waals surface area (Å²) in [7, 11) is 1.59. The molecule has 1 rings (SSSR count). The maximum absolute atomic E-state index is 13.8. The Hall–Kier alpha value is -0.670. The van der Waals surface area contributed by atoms with E-state index < -0.39 is 5.38 Å². The zero-order valence-corrected chi connectivity index (χ0v) is 9.94. The van der Waals surface area contributed by atoms with Crippen molar-refractivity contribution >= 4 is 11.6 Å². The van der Waals surface area contributed by atoms with Gasteiger partial charge in [-0.25, -0.2) is 4.39 Å². The summed E-state index contributed by atoms with van der Waals surface area (Å²) < 4.78 is 18.6. The fourth-order valence-corrected chi connectivity index (χ4v) is 1.50. The minimum atomic E-state index is -0.427. The van der Waals surface area contributed by atoms with Gasteiger partial charge in [0.25, 0.3) is 0 Å². The van der Waals surface area contributed by atoms with Gasteiger partial charge in [-0.2, -0.15) is 0 Å². The van der Waals surface area contributed by atoms with Crippen LogP contribution in [0.3, 0.4) is 0 Å². The van der Waals surface area contributed by atoms with E-state index in [0.29, 0.717) is 24.3 Å². The molecule has 0 fully saturated rings. The Morgan fingerprint density at radius 2 is 2.20 bits per heavy atom. The van der Waals surface area contributed by atoms with E-state index in [1.807, 2.05) is 6.92 Å². The number of rotatable bonds is 4. The Balaban J connectivity index is 2.90. The van der Waals surface area contributed by atoms with E-state index in [9.17, 15) is 4.39 Å². The van der Waals surface area contributed by atoms with Crippen LogP contribution in [0.4, 0.5) is 4.39 Å². The van der Waals surface area contributed by atoms with E-state index in [2.05, 4.69) is 4.98 Å². The van der Waals surface area contributed by atoms with Crippen molar-refractivity contribution in [2.45, 2.75) is 25.6 Å². The van der Waals surface area contributed by atoms with Gasteiger partial charge in [-0.05, 0) is 31.4 Å². The number of hydrogen-bond donors (Lipinski definition) is 0. The van der Waals surface area contributed by atoms with Gasteiger partial charge in [-0.3, -0.25) is 4.98 Å². The highest BCUT2D eigenvalue weighted by Gasteiger charge is 2.17. The minimum absolute atomic E-state index is 0.300. The lowest BCUT2D eigenvalue weighted by Crippen LogP contribution is -2.04. The van der Waals surface area contributed by atoms with Crippen molar-refractivity contribution in [2.24, 2.45) is 0 Å².